The molecule has 0 saturated carbocycles. The van der Waals surface area contributed by atoms with E-state index in [0.717, 1.165) is 13.0 Å². The van der Waals surface area contributed by atoms with Gasteiger partial charge in [-0.3, -0.25) is 4.79 Å². The average Bonchev–Trinajstić information content (AvgIpc) is 2.10. The van der Waals surface area contributed by atoms with Crippen molar-refractivity contribution in [2.24, 2.45) is 0 Å². The van der Waals surface area contributed by atoms with E-state index in [2.05, 4.69) is 5.32 Å². The molecule has 1 rings (SSSR count). The predicted octanol–water partition coefficient (Wildman–Crippen LogP) is 1.99. The highest BCUT2D eigenvalue weighted by atomic mass is 16.1. The van der Waals surface area contributed by atoms with Crippen LogP contribution in [-0.2, 0) is 4.79 Å². The lowest BCUT2D eigenvalue weighted by Gasteiger charge is -2.20. The average molecular weight is 159 g/mol. The van der Waals surface area contributed by atoms with Crippen LogP contribution in [-0.4, -0.2) is 18.4 Å². The number of ketones is 1. The van der Waals surface area contributed by atoms with Gasteiger partial charge in [-0.1, -0.05) is 20.3 Å². The van der Waals surface area contributed by atoms with Crippen molar-refractivity contribution in [3.8, 4) is 0 Å². The van der Waals surface area contributed by atoms with Gasteiger partial charge >= 0.3 is 0 Å². The van der Waals surface area contributed by atoms with E-state index in [4.69, 9.17) is 0 Å². The number of rotatable bonds is 1. The summed E-state index contributed by atoms with van der Waals surface area (Å²) in [5.74, 6) is 0.287. The molecular formula is C9H21NO. The van der Waals surface area contributed by atoms with Crippen LogP contribution in [0.25, 0.3) is 0 Å². The van der Waals surface area contributed by atoms with Gasteiger partial charge in [0.2, 0.25) is 0 Å². The summed E-state index contributed by atoms with van der Waals surface area (Å²) in [6, 6.07) is 0.166. The summed E-state index contributed by atoms with van der Waals surface area (Å²) < 4.78 is 0. The summed E-state index contributed by atoms with van der Waals surface area (Å²) in [5.41, 5.74) is 0. The summed E-state index contributed by atoms with van der Waals surface area (Å²) >= 11 is 0. The Kier molecular flexibility index (Phi) is 6.13. The normalized spacial score (nSPS) is 23.4. The molecule has 11 heavy (non-hydrogen) atoms. The van der Waals surface area contributed by atoms with Gasteiger partial charge in [-0.15, -0.1) is 0 Å². The van der Waals surface area contributed by atoms with E-state index in [1.165, 1.54) is 12.8 Å². The predicted molar refractivity (Wildman–Crippen MR) is 49.8 cm³/mol. The van der Waals surface area contributed by atoms with Crippen LogP contribution in [0.2, 0.25) is 0 Å². The van der Waals surface area contributed by atoms with E-state index in [-0.39, 0.29) is 13.3 Å². The number of hydrogen-bond acceptors (Lipinski definition) is 2. The number of carbonyl (C=O) groups excluding carboxylic acids is 1. The highest BCUT2D eigenvalue weighted by Crippen LogP contribution is 2.06. The molecule has 68 valence electrons. The maximum Gasteiger partial charge on any atom is 0.146 e. The van der Waals surface area contributed by atoms with E-state index >= 15 is 0 Å². The van der Waals surface area contributed by atoms with E-state index in [1.807, 2.05) is 13.8 Å². The molecule has 1 aliphatic rings. The van der Waals surface area contributed by atoms with Crippen molar-refractivity contribution < 1.29 is 6.22 Å². The van der Waals surface area contributed by atoms with Crippen molar-refractivity contribution in [2.45, 2.75) is 46.1 Å². The summed E-state index contributed by atoms with van der Waals surface area (Å²) in [5, 5.41) is 3.17. The van der Waals surface area contributed by atoms with Crippen LogP contribution in [0.15, 0.2) is 0 Å². The van der Waals surface area contributed by atoms with Gasteiger partial charge in [0.1, 0.15) is 5.78 Å². The molecule has 1 N–H and O–H groups in total. The van der Waals surface area contributed by atoms with E-state index in [1.54, 1.807) is 6.92 Å². The second-order valence-electron chi connectivity index (χ2n) is 2.61. The molecule has 0 amide bonds. The molecule has 0 aromatic rings. The lowest BCUT2D eigenvalue weighted by molar-refractivity contribution is -0.119. The SMILES string of the molecule is CC.CC(=O)C1CCCCN1.[HH]. The molecule has 1 saturated heterocycles. The first-order valence-corrected chi connectivity index (χ1v) is 4.54. The van der Waals surface area contributed by atoms with Crippen molar-refractivity contribution >= 4 is 5.78 Å². The van der Waals surface area contributed by atoms with Gasteiger partial charge in [0.15, 0.2) is 0 Å². The third kappa shape index (κ3) is 4.14. The summed E-state index contributed by atoms with van der Waals surface area (Å²) in [6.45, 7) is 6.67. The molecule has 1 atom stereocenters. The monoisotopic (exact) mass is 159 g/mol. The van der Waals surface area contributed by atoms with Gasteiger partial charge in [-0.2, -0.15) is 0 Å². The minimum atomic E-state index is 0. The van der Waals surface area contributed by atoms with Gasteiger partial charge < -0.3 is 5.32 Å². The quantitative estimate of drug-likeness (QED) is 0.634. The molecule has 0 spiro atoms. The molecule has 0 bridgehead atoms. The molecule has 0 aromatic heterocycles. The third-order valence-corrected chi connectivity index (χ3v) is 1.80. The van der Waals surface area contributed by atoms with E-state index in [0.29, 0.717) is 0 Å². The van der Waals surface area contributed by atoms with Crippen LogP contribution < -0.4 is 5.32 Å². The van der Waals surface area contributed by atoms with Crippen molar-refractivity contribution in [1.82, 2.24) is 5.32 Å². The van der Waals surface area contributed by atoms with Crippen LogP contribution in [0.3, 0.4) is 0 Å². The van der Waals surface area contributed by atoms with Crippen LogP contribution >= 0.6 is 0 Å². The topological polar surface area (TPSA) is 29.1 Å². The summed E-state index contributed by atoms with van der Waals surface area (Å²) in [4.78, 5) is 10.7. The largest absolute Gasteiger partial charge is 0.307 e. The Balaban J connectivity index is 0. The molecule has 0 aromatic carbocycles. The molecular weight excluding hydrogens is 138 g/mol. The molecule has 2 heteroatoms. The molecule has 1 heterocycles. The van der Waals surface area contributed by atoms with Gasteiger partial charge in [0, 0.05) is 1.43 Å². The number of hydrogen-bond donors (Lipinski definition) is 1. The Morgan fingerprint density at radius 3 is 2.36 bits per heavy atom. The molecule has 1 unspecified atom stereocenters. The first kappa shape index (κ1) is 10.6. The van der Waals surface area contributed by atoms with Crippen molar-refractivity contribution in [3.63, 3.8) is 0 Å². The zero-order valence-electron chi connectivity index (χ0n) is 7.81. The molecule has 0 radical (unpaired) electrons. The smallest absolute Gasteiger partial charge is 0.146 e. The lowest BCUT2D eigenvalue weighted by Crippen LogP contribution is -2.38. The van der Waals surface area contributed by atoms with Crippen molar-refractivity contribution in [1.29, 1.82) is 0 Å². The molecule has 1 fully saturated rings. The zero-order valence-corrected chi connectivity index (χ0v) is 7.81. The Morgan fingerprint density at radius 1 is 1.45 bits per heavy atom. The minimum Gasteiger partial charge on any atom is -0.307 e. The minimum absolute atomic E-state index is 0. The van der Waals surface area contributed by atoms with Crippen LogP contribution in [0.5, 0.6) is 0 Å². The van der Waals surface area contributed by atoms with Crippen LogP contribution in [0, 0.1) is 0 Å². The maximum atomic E-state index is 10.7. The fourth-order valence-electron chi connectivity index (χ4n) is 1.20. The Labute approximate surface area is 70.9 Å². The second kappa shape index (κ2) is 6.35. The lowest BCUT2D eigenvalue weighted by atomic mass is 10.0. The van der Waals surface area contributed by atoms with Crippen LogP contribution in [0.1, 0.15) is 41.5 Å². The van der Waals surface area contributed by atoms with E-state index in [9.17, 15) is 4.79 Å². The van der Waals surface area contributed by atoms with E-state index < -0.39 is 0 Å². The second-order valence-corrected chi connectivity index (χ2v) is 2.61. The van der Waals surface area contributed by atoms with Gasteiger partial charge in [-0.05, 0) is 26.3 Å². The standard InChI is InChI=1S/C7H13NO.C2H6.H2/c1-6(9)7-4-2-3-5-8-7;1-2;/h7-8H,2-5H2,1H3;1-2H3;1H. The molecule has 2 nitrogen and oxygen atoms in total. The number of piperidine rings is 1. The molecule has 1 aliphatic heterocycles. The van der Waals surface area contributed by atoms with Crippen molar-refractivity contribution in [3.05, 3.63) is 0 Å². The summed E-state index contributed by atoms with van der Waals surface area (Å²) in [6.07, 6.45) is 3.47. The van der Waals surface area contributed by atoms with Crippen molar-refractivity contribution in [2.75, 3.05) is 6.54 Å². The van der Waals surface area contributed by atoms with Gasteiger partial charge in [0.25, 0.3) is 0 Å². The van der Waals surface area contributed by atoms with Gasteiger partial charge in [-0.25, -0.2) is 0 Å². The highest BCUT2D eigenvalue weighted by molar-refractivity contribution is 5.81. The number of carbonyl (C=O) groups is 1. The fraction of sp³-hybridized carbons (Fsp3) is 0.889. The number of nitrogens with one attached hydrogen (secondary N) is 1. The third-order valence-electron chi connectivity index (χ3n) is 1.80. The number of Topliss-reactive ketones (excluding diaryl/α,β-unsaturated/α-hetero) is 1. The Hall–Kier alpha value is -0.370. The first-order valence-electron chi connectivity index (χ1n) is 4.54. The van der Waals surface area contributed by atoms with Crippen LogP contribution in [0.4, 0.5) is 0 Å². The Bertz CT molecular complexity index is 111. The maximum absolute atomic E-state index is 10.7. The highest BCUT2D eigenvalue weighted by Gasteiger charge is 2.15. The Morgan fingerprint density at radius 2 is 2.09 bits per heavy atom. The molecule has 0 aliphatic carbocycles. The first-order chi connectivity index (χ1) is 5.30. The fourth-order valence-corrected chi connectivity index (χ4v) is 1.20. The van der Waals surface area contributed by atoms with Gasteiger partial charge in [0.05, 0.1) is 6.04 Å². The zero-order chi connectivity index (χ0) is 8.69. The summed E-state index contributed by atoms with van der Waals surface area (Å²) in [7, 11) is 0.